The standard InChI is InChI=1S/C17H18N4O2S/c1-11-4-6-12(7-5-11)15-13(3-2-10-23-15)19-16-20-21-14(22)8-9-18-17(21)24-16/h4-9,13,15H,2-3,10H2,1H3,(H,19,20)/t13-,15+/m0/s1. The molecule has 1 aliphatic rings. The van der Waals surface area contributed by atoms with E-state index in [1.807, 2.05) is 0 Å². The highest BCUT2D eigenvalue weighted by Gasteiger charge is 2.28. The van der Waals surface area contributed by atoms with Crippen molar-refractivity contribution < 1.29 is 4.74 Å². The summed E-state index contributed by atoms with van der Waals surface area (Å²) in [5, 5.41) is 8.48. The van der Waals surface area contributed by atoms with Gasteiger partial charge in [-0.05, 0) is 25.3 Å². The molecule has 3 heterocycles. The molecule has 124 valence electrons. The Hall–Kier alpha value is -2.25. The van der Waals surface area contributed by atoms with Crippen molar-refractivity contribution in [1.82, 2.24) is 14.6 Å². The summed E-state index contributed by atoms with van der Waals surface area (Å²) in [7, 11) is 0. The first-order valence-corrected chi connectivity index (χ1v) is 8.82. The molecular formula is C17H18N4O2S. The molecule has 0 unspecified atom stereocenters. The quantitative estimate of drug-likeness (QED) is 0.793. The van der Waals surface area contributed by atoms with Crippen molar-refractivity contribution in [3.8, 4) is 0 Å². The lowest BCUT2D eigenvalue weighted by atomic mass is 9.95. The summed E-state index contributed by atoms with van der Waals surface area (Å²) in [5.74, 6) is 0. The highest BCUT2D eigenvalue weighted by molar-refractivity contribution is 7.20. The summed E-state index contributed by atoms with van der Waals surface area (Å²) in [4.78, 5) is 16.6. The zero-order valence-corrected chi connectivity index (χ0v) is 14.1. The summed E-state index contributed by atoms with van der Waals surface area (Å²) in [6, 6.07) is 9.97. The Morgan fingerprint density at radius 3 is 2.92 bits per heavy atom. The number of nitrogens with zero attached hydrogens (tertiary/aromatic N) is 3. The molecule has 0 bridgehead atoms. The summed E-state index contributed by atoms with van der Waals surface area (Å²) in [6.45, 7) is 2.84. The number of nitrogens with one attached hydrogen (secondary N) is 1. The van der Waals surface area contributed by atoms with Crippen molar-refractivity contribution in [3.63, 3.8) is 0 Å². The largest absolute Gasteiger partial charge is 0.371 e. The van der Waals surface area contributed by atoms with Crippen LogP contribution in [-0.4, -0.2) is 27.2 Å². The Labute approximate surface area is 143 Å². The lowest BCUT2D eigenvalue weighted by molar-refractivity contribution is 0.00562. The van der Waals surface area contributed by atoms with Gasteiger partial charge in [0.15, 0.2) is 0 Å². The van der Waals surface area contributed by atoms with Crippen LogP contribution in [0.3, 0.4) is 0 Å². The Morgan fingerprint density at radius 2 is 2.12 bits per heavy atom. The van der Waals surface area contributed by atoms with Crippen molar-refractivity contribution in [1.29, 1.82) is 0 Å². The third kappa shape index (κ3) is 2.92. The molecule has 1 fully saturated rings. The van der Waals surface area contributed by atoms with E-state index in [2.05, 4.69) is 46.6 Å². The Kier molecular flexibility index (Phi) is 4.03. The average molecular weight is 342 g/mol. The summed E-state index contributed by atoms with van der Waals surface area (Å²) < 4.78 is 7.35. The molecule has 1 saturated heterocycles. The lowest BCUT2D eigenvalue weighted by Crippen LogP contribution is -2.33. The molecular weight excluding hydrogens is 324 g/mol. The van der Waals surface area contributed by atoms with Gasteiger partial charge in [0.25, 0.3) is 5.56 Å². The fraction of sp³-hybridized carbons (Fsp3) is 0.353. The van der Waals surface area contributed by atoms with Crippen LogP contribution in [0, 0.1) is 6.92 Å². The normalized spacial score (nSPS) is 21.0. The number of benzene rings is 1. The molecule has 6 nitrogen and oxygen atoms in total. The molecule has 0 radical (unpaired) electrons. The van der Waals surface area contributed by atoms with Gasteiger partial charge in [-0.2, -0.15) is 4.52 Å². The first-order valence-electron chi connectivity index (χ1n) is 8.00. The highest BCUT2D eigenvalue weighted by atomic mass is 32.1. The van der Waals surface area contributed by atoms with Crippen LogP contribution in [0.25, 0.3) is 4.96 Å². The van der Waals surface area contributed by atoms with Gasteiger partial charge in [-0.15, -0.1) is 5.10 Å². The van der Waals surface area contributed by atoms with Crippen LogP contribution in [0.15, 0.2) is 41.3 Å². The Balaban J connectivity index is 1.61. The number of aryl methyl sites for hydroxylation is 1. The van der Waals surface area contributed by atoms with Gasteiger partial charge in [0.05, 0.1) is 6.04 Å². The SMILES string of the molecule is Cc1ccc([C@H]2OCCC[C@@H]2Nc2nn3c(=O)ccnc3s2)cc1. The monoisotopic (exact) mass is 342 g/mol. The molecule has 3 aromatic rings. The Morgan fingerprint density at radius 1 is 1.29 bits per heavy atom. The van der Waals surface area contributed by atoms with E-state index < -0.39 is 0 Å². The third-order valence-electron chi connectivity index (χ3n) is 4.21. The zero-order chi connectivity index (χ0) is 16.5. The molecule has 1 N–H and O–H groups in total. The molecule has 0 spiro atoms. The van der Waals surface area contributed by atoms with Gasteiger partial charge >= 0.3 is 0 Å². The zero-order valence-electron chi connectivity index (χ0n) is 13.3. The third-order valence-corrected chi connectivity index (χ3v) is 5.06. The van der Waals surface area contributed by atoms with E-state index in [-0.39, 0.29) is 17.7 Å². The smallest absolute Gasteiger partial charge is 0.275 e. The molecule has 2 atom stereocenters. The minimum Gasteiger partial charge on any atom is -0.371 e. The number of anilines is 1. The minimum atomic E-state index is -0.167. The van der Waals surface area contributed by atoms with Crippen LogP contribution in [0.2, 0.25) is 0 Å². The number of aromatic nitrogens is 3. The van der Waals surface area contributed by atoms with Gasteiger partial charge in [0.2, 0.25) is 10.1 Å². The van der Waals surface area contributed by atoms with E-state index in [1.54, 1.807) is 0 Å². The first kappa shape index (κ1) is 15.3. The molecule has 1 aromatic carbocycles. The molecule has 4 rings (SSSR count). The second-order valence-electron chi connectivity index (χ2n) is 5.98. The predicted octanol–water partition coefficient (Wildman–Crippen LogP) is 2.79. The second-order valence-corrected chi connectivity index (χ2v) is 6.94. The molecule has 24 heavy (non-hydrogen) atoms. The molecule has 7 heteroatoms. The lowest BCUT2D eigenvalue weighted by Gasteiger charge is -2.32. The molecule has 1 aliphatic heterocycles. The van der Waals surface area contributed by atoms with Crippen LogP contribution in [0.4, 0.5) is 5.13 Å². The van der Waals surface area contributed by atoms with E-state index in [0.717, 1.165) is 25.0 Å². The van der Waals surface area contributed by atoms with Gasteiger partial charge in [-0.1, -0.05) is 41.2 Å². The number of rotatable bonds is 3. The molecule has 0 amide bonds. The maximum Gasteiger partial charge on any atom is 0.275 e. The maximum absolute atomic E-state index is 11.8. The van der Waals surface area contributed by atoms with Crippen LogP contribution >= 0.6 is 11.3 Å². The number of hydrogen-bond acceptors (Lipinski definition) is 6. The number of fused-ring (bicyclic) bond motifs is 1. The van der Waals surface area contributed by atoms with E-state index in [4.69, 9.17) is 4.74 Å². The van der Waals surface area contributed by atoms with Crippen molar-refractivity contribution in [2.24, 2.45) is 0 Å². The second kappa shape index (κ2) is 6.33. The average Bonchev–Trinajstić information content (AvgIpc) is 3.00. The maximum atomic E-state index is 11.8. The van der Waals surface area contributed by atoms with Crippen molar-refractivity contribution in [3.05, 3.63) is 58.0 Å². The van der Waals surface area contributed by atoms with Gasteiger partial charge in [-0.25, -0.2) is 4.98 Å². The van der Waals surface area contributed by atoms with Gasteiger partial charge in [0, 0.05) is 18.9 Å². The fourth-order valence-electron chi connectivity index (χ4n) is 2.97. The first-order chi connectivity index (χ1) is 11.7. The van der Waals surface area contributed by atoms with Crippen molar-refractivity contribution in [2.45, 2.75) is 31.9 Å². The van der Waals surface area contributed by atoms with E-state index >= 15 is 0 Å². The van der Waals surface area contributed by atoms with Gasteiger partial charge in [0.1, 0.15) is 6.10 Å². The van der Waals surface area contributed by atoms with Crippen LogP contribution in [0.5, 0.6) is 0 Å². The van der Waals surface area contributed by atoms with Crippen molar-refractivity contribution in [2.75, 3.05) is 11.9 Å². The van der Waals surface area contributed by atoms with Crippen molar-refractivity contribution >= 4 is 21.4 Å². The molecule has 0 aliphatic carbocycles. The van der Waals surface area contributed by atoms with E-state index in [0.29, 0.717) is 10.1 Å². The number of ether oxygens (including phenoxy) is 1. The topological polar surface area (TPSA) is 68.5 Å². The van der Waals surface area contributed by atoms with Gasteiger partial charge < -0.3 is 10.1 Å². The summed E-state index contributed by atoms with van der Waals surface area (Å²) >= 11 is 1.38. The van der Waals surface area contributed by atoms with Crippen LogP contribution < -0.4 is 10.9 Å². The van der Waals surface area contributed by atoms with Crippen LogP contribution in [-0.2, 0) is 4.74 Å². The fourth-order valence-corrected chi connectivity index (χ4v) is 3.81. The Bertz CT molecular complexity index is 903. The minimum absolute atomic E-state index is 0.0176. The molecule has 0 saturated carbocycles. The highest BCUT2D eigenvalue weighted by Crippen LogP contribution is 2.31. The summed E-state index contributed by atoms with van der Waals surface area (Å²) in [6.07, 6.45) is 3.49. The van der Waals surface area contributed by atoms with Gasteiger partial charge in [-0.3, -0.25) is 4.79 Å². The molecule has 2 aromatic heterocycles. The predicted molar refractivity (Wildman–Crippen MR) is 93.7 cm³/mol. The number of hydrogen-bond donors (Lipinski definition) is 1. The van der Waals surface area contributed by atoms with E-state index in [1.165, 1.54) is 33.7 Å². The van der Waals surface area contributed by atoms with E-state index in [9.17, 15) is 4.79 Å². The summed E-state index contributed by atoms with van der Waals surface area (Å²) in [5.41, 5.74) is 2.23. The van der Waals surface area contributed by atoms with Crippen LogP contribution in [0.1, 0.15) is 30.1 Å².